The van der Waals surface area contributed by atoms with Crippen LogP contribution in [0.25, 0.3) is 11.2 Å². The van der Waals surface area contributed by atoms with E-state index in [9.17, 15) is 57.9 Å². The highest BCUT2D eigenvalue weighted by atomic mass is 32.2. The van der Waals surface area contributed by atoms with E-state index in [0.717, 1.165) is 29.0 Å². The van der Waals surface area contributed by atoms with Gasteiger partial charge in [0.2, 0.25) is 11.8 Å². The molecule has 2 aromatic rings. The van der Waals surface area contributed by atoms with Crippen LogP contribution in [0.15, 0.2) is 12.7 Å². The van der Waals surface area contributed by atoms with Gasteiger partial charge < -0.3 is 50.9 Å². The van der Waals surface area contributed by atoms with Gasteiger partial charge in [0.15, 0.2) is 22.8 Å². The first-order valence-electron chi connectivity index (χ1n) is 15.1. The molecule has 1 fully saturated rings. The van der Waals surface area contributed by atoms with Gasteiger partial charge >= 0.3 is 23.5 Å². The summed E-state index contributed by atoms with van der Waals surface area (Å²) in [5.41, 5.74) is 4.26. The number of hydrogen-bond donors (Lipinski definition) is 9. The zero-order valence-corrected chi connectivity index (χ0v) is 31.3. The topological polar surface area (TPSA) is 364 Å². The van der Waals surface area contributed by atoms with E-state index in [4.69, 9.17) is 19.5 Å². The van der Waals surface area contributed by atoms with Crippen LogP contribution in [-0.4, -0.2) is 123 Å². The molecule has 0 aromatic carbocycles. The van der Waals surface area contributed by atoms with E-state index in [1.165, 1.54) is 13.8 Å². The van der Waals surface area contributed by atoms with Gasteiger partial charge in [-0.3, -0.25) is 32.5 Å². The number of rotatable bonds is 20. The van der Waals surface area contributed by atoms with Crippen molar-refractivity contribution in [2.75, 3.05) is 37.8 Å². The summed E-state index contributed by atoms with van der Waals surface area (Å²) in [5, 5.41) is 26.2. The lowest BCUT2D eigenvalue weighted by molar-refractivity contribution is -0.137. The van der Waals surface area contributed by atoms with Crippen molar-refractivity contribution in [2.24, 2.45) is 5.41 Å². The van der Waals surface area contributed by atoms with Crippen molar-refractivity contribution in [1.82, 2.24) is 30.2 Å². The molecule has 0 bridgehead atoms. The minimum Gasteiger partial charge on any atom is -0.386 e. The molecule has 3 rings (SSSR count). The van der Waals surface area contributed by atoms with Crippen molar-refractivity contribution < 1.29 is 80.5 Å². The number of phosphoric ester groups is 3. The van der Waals surface area contributed by atoms with Crippen LogP contribution in [-0.2, 0) is 50.7 Å². The van der Waals surface area contributed by atoms with Crippen molar-refractivity contribution in [3.05, 3.63) is 12.7 Å². The molecule has 3 heterocycles. The van der Waals surface area contributed by atoms with Gasteiger partial charge in [0.25, 0.3) is 0 Å². The van der Waals surface area contributed by atoms with Gasteiger partial charge in [0.1, 0.15) is 36.3 Å². The minimum atomic E-state index is -5.56. The third-order valence-electron chi connectivity index (χ3n) is 7.05. The molecule has 28 heteroatoms. The second-order valence-corrected chi connectivity index (χ2v) is 17.0. The Bertz CT molecular complexity index is 1730. The van der Waals surface area contributed by atoms with Crippen LogP contribution in [0.4, 0.5) is 5.82 Å². The molecular formula is C24H40N7O17P3S. The standard InChI is InChI=1S/C24H40N7O17P3S/c1-4-15(33)52-8-7-26-14(32)5-6-27-22(36)19(35)24(2,3)10-45-51(42,43)48-50(40,41)44-9-13-18(47-49(37,38)39)17(34)23(46-13)31-12-30-16-20(25)28-11-29-21(16)31/h11-13,17-19,23,34-35H,4-10H2,1-3H3,(H,26,32)(H,27,36)(H,40,41)(H,42,43)(H2,25,28,29)(H2,37,38,39)/t13-,17-,18-,19+,23-/m1/s1/i15+1. The van der Waals surface area contributed by atoms with Crippen LogP contribution in [0.3, 0.4) is 0 Å². The monoisotopic (exact) mass is 824 g/mol. The van der Waals surface area contributed by atoms with E-state index >= 15 is 0 Å². The van der Waals surface area contributed by atoms with E-state index < -0.39 is 84.6 Å². The molecule has 52 heavy (non-hydrogen) atoms. The SMILES string of the molecule is CC[13C](=O)SCCNC(=O)CCNC(=O)[C@H](O)C(C)(C)COP(=O)(O)OP(=O)(O)OC[C@H]1O[C@@H](n2cnc3c(N)ncnc32)[C@H](O)[C@@H]1OP(=O)(O)O. The molecule has 24 nitrogen and oxygen atoms in total. The number of nitrogens with two attached hydrogens (primary N) is 1. The lowest BCUT2D eigenvalue weighted by Crippen LogP contribution is -2.46. The lowest BCUT2D eigenvalue weighted by Gasteiger charge is -2.30. The van der Waals surface area contributed by atoms with Crippen LogP contribution in [0, 0.1) is 5.41 Å². The van der Waals surface area contributed by atoms with E-state index in [2.05, 4.69) is 34.4 Å². The molecule has 1 aliphatic heterocycles. The number of nitrogens with one attached hydrogen (secondary N) is 2. The molecule has 2 unspecified atom stereocenters. The van der Waals surface area contributed by atoms with E-state index in [1.54, 1.807) is 6.92 Å². The number of imidazole rings is 1. The molecule has 1 aliphatic rings. The third-order valence-corrected chi connectivity index (χ3v) is 11.2. The number of aliphatic hydroxyl groups excluding tert-OH is 2. The summed E-state index contributed by atoms with van der Waals surface area (Å²) in [5.74, 6) is -1.07. The number of amides is 2. The zero-order valence-electron chi connectivity index (χ0n) is 27.8. The first-order chi connectivity index (χ1) is 24.1. The summed E-state index contributed by atoms with van der Waals surface area (Å²) >= 11 is 1.07. The smallest absolute Gasteiger partial charge is 0.386 e. The molecular weight excluding hydrogens is 784 g/mol. The number of aliphatic hydroxyl groups is 2. The predicted molar refractivity (Wildman–Crippen MR) is 177 cm³/mol. The van der Waals surface area contributed by atoms with Crippen LogP contribution in [0.2, 0.25) is 0 Å². The van der Waals surface area contributed by atoms with Gasteiger partial charge in [-0.2, -0.15) is 4.31 Å². The maximum Gasteiger partial charge on any atom is 0.481 e. The summed E-state index contributed by atoms with van der Waals surface area (Å²) in [6, 6.07) is 0. The number of ether oxygens (including phenoxy) is 1. The fraction of sp³-hybridized carbons (Fsp3) is 0.667. The van der Waals surface area contributed by atoms with E-state index in [-0.39, 0.29) is 41.6 Å². The number of nitrogens with zero attached hydrogens (tertiary/aromatic N) is 4. The van der Waals surface area contributed by atoms with Gasteiger partial charge in [-0.05, 0) is 0 Å². The Kier molecular flexibility index (Phi) is 15.4. The average molecular weight is 825 g/mol. The summed E-state index contributed by atoms with van der Waals surface area (Å²) < 4.78 is 61.9. The zero-order chi connectivity index (χ0) is 39.1. The largest absolute Gasteiger partial charge is 0.481 e. The molecule has 7 atom stereocenters. The summed E-state index contributed by atoms with van der Waals surface area (Å²) in [4.78, 5) is 86.4. The van der Waals surface area contributed by atoms with Gasteiger partial charge in [-0.15, -0.1) is 0 Å². The highest BCUT2D eigenvalue weighted by molar-refractivity contribution is 8.13. The first-order valence-corrected chi connectivity index (χ1v) is 20.6. The molecule has 0 saturated carbocycles. The Morgan fingerprint density at radius 2 is 1.75 bits per heavy atom. The fourth-order valence-corrected chi connectivity index (χ4v) is 7.86. The second kappa shape index (κ2) is 18.3. The molecule has 2 aromatic heterocycles. The van der Waals surface area contributed by atoms with Crippen LogP contribution >= 0.6 is 35.2 Å². The molecule has 10 N–H and O–H groups in total. The molecule has 1 saturated heterocycles. The number of nitrogen functional groups attached to an aromatic ring is 1. The van der Waals surface area contributed by atoms with Crippen molar-refractivity contribution in [1.29, 1.82) is 0 Å². The van der Waals surface area contributed by atoms with Crippen LogP contribution in [0.1, 0.15) is 39.8 Å². The Hall–Kier alpha value is -2.44. The van der Waals surface area contributed by atoms with Crippen LogP contribution < -0.4 is 16.4 Å². The molecule has 0 aliphatic carbocycles. The first kappa shape index (κ1) is 44.0. The van der Waals surface area contributed by atoms with Crippen molar-refractivity contribution in [3.8, 4) is 0 Å². The van der Waals surface area contributed by atoms with Crippen molar-refractivity contribution in [2.45, 2.75) is 64.3 Å². The quantitative estimate of drug-likeness (QED) is 0.0442. The number of aromatic nitrogens is 4. The second-order valence-electron chi connectivity index (χ2n) is 11.6. The number of phosphoric acid groups is 3. The maximum atomic E-state index is 12.6. The Morgan fingerprint density at radius 3 is 2.40 bits per heavy atom. The summed E-state index contributed by atoms with van der Waals surface area (Å²) in [7, 11) is -16.4. The number of fused-ring (bicyclic) bond motifs is 1. The predicted octanol–water partition coefficient (Wildman–Crippen LogP) is -0.925. The number of carbonyl (C=O) groups is 3. The highest BCUT2D eigenvalue weighted by Crippen LogP contribution is 2.61. The molecule has 2 amide bonds. The van der Waals surface area contributed by atoms with Crippen molar-refractivity contribution in [3.63, 3.8) is 0 Å². The van der Waals surface area contributed by atoms with Crippen molar-refractivity contribution >= 4 is 69.1 Å². The minimum absolute atomic E-state index is 0.0221. The average Bonchev–Trinajstić information content (AvgIpc) is 3.60. The number of thioether (sulfide) groups is 1. The summed E-state index contributed by atoms with van der Waals surface area (Å²) in [6.07, 6.45) is -6.52. The Labute approximate surface area is 299 Å². The highest BCUT2D eigenvalue weighted by Gasteiger charge is 2.50. The van der Waals surface area contributed by atoms with Gasteiger partial charge in [0, 0.05) is 37.1 Å². The van der Waals surface area contributed by atoms with E-state index in [0.29, 0.717) is 12.2 Å². The fourth-order valence-electron chi connectivity index (χ4n) is 4.40. The normalized spacial score (nSPS) is 22.4. The molecule has 294 valence electrons. The third kappa shape index (κ3) is 12.9. The number of hydrogen-bond acceptors (Lipinski definition) is 18. The Balaban J connectivity index is 1.54. The molecule has 0 radical (unpaired) electrons. The lowest BCUT2D eigenvalue weighted by atomic mass is 9.87. The van der Waals surface area contributed by atoms with Gasteiger partial charge in [-0.1, -0.05) is 32.5 Å². The maximum absolute atomic E-state index is 12.6. The number of carbonyl (C=O) groups excluding carboxylic acids is 3. The van der Waals surface area contributed by atoms with E-state index in [1.807, 2.05) is 0 Å². The molecule has 0 spiro atoms. The Morgan fingerprint density at radius 1 is 1.08 bits per heavy atom. The van der Waals surface area contributed by atoms with Gasteiger partial charge in [0.05, 0.1) is 19.5 Å². The van der Waals surface area contributed by atoms with Crippen LogP contribution in [0.5, 0.6) is 0 Å². The van der Waals surface area contributed by atoms with Gasteiger partial charge in [-0.25, -0.2) is 28.6 Å². The summed E-state index contributed by atoms with van der Waals surface area (Å²) in [6.45, 7) is 2.24. The number of anilines is 1.